The Morgan fingerprint density at radius 1 is 1.45 bits per heavy atom. The maximum atomic E-state index is 5.65. The van der Waals surface area contributed by atoms with Gasteiger partial charge in [0.1, 0.15) is 0 Å². The Bertz CT molecular complexity index is 117. The summed E-state index contributed by atoms with van der Waals surface area (Å²) < 4.78 is 0. The molecule has 1 atom stereocenters. The second-order valence-corrected chi connectivity index (χ2v) is 3.16. The molecule has 1 aliphatic rings. The Labute approximate surface area is 69.1 Å². The van der Waals surface area contributed by atoms with E-state index in [0.29, 0.717) is 6.04 Å². The Morgan fingerprint density at radius 3 is 2.55 bits per heavy atom. The van der Waals surface area contributed by atoms with Gasteiger partial charge >= 0.3 is 0 Å². The molecule has 1 saturated heterocycles. The second-order valence-electron chi connectivity index (χ2n) is 3.16. The Morgan fingerprint density at radius 2 is 2.09 bits per heavy atom. The maximum Gasteiger partial charge on any atom is 0.0252 e. The van der Waals surface area contributed by atoms with Gasteiger partial charge < -0.3 is 5.73 Å². The lowest BCUT2D eigenvalue weighted by Gasteiger charge is -2.24. The number of hydrogen-bond acceptors (Lipinski definition) is 2. The fourth-order valence-electron chi connectivity index (χ4n) is 1.69. The first kappa shape index (κ1) is 8.75. The topological polar surface area (TPSA) is 29.3 Å². The van der Waals surface area contributed by atoms with Crippen LogP contribution < -0.4 is 5.73 Å². The lowest BCUT2D eigenvalue weighted by Crippen LogP contribution is -2.38. The summed E-state index contributed by atoms with van der Waals surface area (Å²) >= 11 is 0. The van der Waals surface area contributed by atoms with Gasteiger partial charge in [-0.05, 0) is 32.4 Å². The van der Waals surface area contributed by atoms with E-state index in [1.807, 2.05) is 6.08 Å². The third-order valence-electron chi connectivity index (χ3n) is 2.37. The van der Waals surface area contributed by atoms with E-state index < -0.39 is 0 Å². The highest BCUT2D eigenvalue weighted by Crippen LogP contribution is 2.13. The summed E-state index contributed by atoms with van der Waals surface area (Å²) in [5, 5.41) is 0. The molecule has 1 aliphatic heterocycles. The Hall–Kier alpha value is -0.340. The molecule has 1 unspecified atom stereocenters. The fraction of sp³-hybridized carbons (Fsp3) is 0.778. The molecule has 1 rings (SSSR count). The molecule has 1 heterocycles. The van der Waals surface area contributed by atoms with Crippen molar-refractivity contribution in [3.63, 3.8) is 0 Å². The molecular weight excluding hydrogens is 136 g/mol. The molecule has 0 aromatic carbocycles. The van der Waals surface area contributed by atoms with Gasteiger partial charge in [-0.2, -0.15) is 0 Å². The van der Waals surface area contributed by atoms with Crippen molar-refractivity contribution in [3.8, 4) is 0 Å². The lowest BCUT2D eigenvalue weighted by atomic mass is 10.2. The highest BCUT2D eigenvalue weighted by atomic mass is 15.2. The van der Waals surface area contributed by atoms with Crippen molar-refractivity contribution in [3.05, 3.63) is 12.7 Å². The van der Waals surface area contributed by atoms with Crippen LogP contribution in [-0.4, -0.2) is 30.6 Å². The first-order valence-electron chi connectivity index (χ1n) is 4.43. The van der Waals surface area contributed by atoms with Crippen LogP contribution in [0.25, 0.3) is 0 Å². The van der Waals surface area contributed by atoms with Crippen molar-refractivity contribution in [1.82, 2.24) is 4.90 Å². The van der Waals surface area contributed by atoms with Crippen molar-refractivity contribution in [2.75, 3.05) is 19.6 Å². The van der Waals surface area contributed by atoms with Crippen LogP contribution in [0.15, 0.2) is 12.7 Å². The molecule has 64 valence electrons. The summed E-state index contributed by atoms with van der Waals surface area (Å²) in [6, 6.07) is 0.551. The van der Waals surface area contributed by atoms with E-state index in [4.69, 9.17) is 5.73 Å². The predicted octanol–water partition coefficient (Wildman–Crippen LogP) is 0.986. The molecule has 1 fully saturated rings. The summed E-state index contributed by atoms with van der Waals surface area (Å²) in [4.78, 5) is 2.47. The lowest BCUT2D eigenvalue weighted by molar-refractivity contribution is 0.249. The zero-order chi connectivity index (χ0) is 8.10. The average Bonchev–Trinajstić information content (AvgIpc) is 2.52. The molecule has 0 aliphatic carbocycles. The van der Waals surface area contributed by atoms with E-state index in [1.54, 1.807) is 0 Å². The molecule has 0 aromatic heterocycles. The molecule has 0 amide bonds. The quantitative estimate of drug-likeness (QED) is 0.612. The van der Waals surface area contributed by atoms with Gasteiger partial charge in [0.15, 0.2) is 0 Å². The van der Waals surface area contributed by atoms with E-state index in [9.17, 15) is 0 Å². The fourth-order valence-corrected chi connectivity index (χ4v) is 1.69. The third kappa shape index (κ3) is 2.31. The van der Waals surface area contributed by atoms with E-state index in [2.05, 4.69) is 11.5 Å². The van der Waals surface area contributed by atoms with Crippen molar-refractivity contribution >= 4 is 0 Å². The van der Waals surface area contributed by atoms with Gasteiger partial charge in [-0.25, -0.2) is 0 Å². The van der Waals surface area contributed by atoms with Crippen molar-refractivity contribution in [1.29, 1.82) is 0 Å². The number of rotatable bonds is 4. The standard InChI is InChI=1S/C9H18N2/c1-2-5-9(8-10)11-6-3-4-7-11/h2,9H,1,3-8,10H2. The summed E-state index contributed by atoms with van der Waals surface area (Å²) in [5.41, 5.74) is 5.65. The molecule has 0 spiro atoms. The monoisotopic (exact) mass is 154 g/mol. The largest absolute Gasteiger partial charge is 0.329 e. The number of nitrogens with zero attached hydrogens (tertiary/aromatic N) is 1. The van der Waals surface area contributed by atoms with Crippen LogP contribution in [0.4, 0.5) is 0 Å². The molecule has 2 heteroatoms. The van der Waals surface area contributed by atoms with E-state index in [1.165, 1.54) is 25.9 Å². The van der Waals surface area contributed by atoms with E-state index >= 15 is 0 Å². The summed E-state index contributed by atoms with van der Waals surface area (Å²) in [6.45, 7) is 6.97. The highest BCUT2D eigenvalue weighted by Gasteiger charge is 2.18. The number of hydrogen-bond donors (Lipinski definition) is 1. The van der Waals surface area contributed by atoms with E-state index in [0.717, 1.165) is 13.0 Å². The smallest absolute Gasteiger partial charge is 0.0252 e. The molecular formula is C9H18N2. The van der Waals surface area contributed by atoms with Crippen LogP contribution in [0.1, 0.15) is 19.3 Å². The summed E-state index contributed by atoms with van der Waals surface area (Å²) in [5.74, 6) is 0. The predicted molar refractivity (Wildman–Crippen MR) is 48.5 cm³/mol. The normalized spacial score (nSPS) is 21.9. The minimum atomic E-state index is 0.551. The Kier molecular flexibility index (Phi) is 3.60. The summed E-state index contributed by atoms with van der Waals surface area (Å²) in [7, 11) is 0. The van der Waals surface area contributed by atoms with Crippen LogP contribution in [0.5, 0.6) is 0 Å². The minimum Gasteiger partial charge on any atom is -0.329 e. The molecule has 2 nitrogen and oxygen atoms in total. The van der Waals surface area contributed by atoms with Crippen molar-refractivity contribution in [2.45, 2.75) is 25.3 Å². The van der Waals surface area contributed by atoms with Crippen molar-refractivity contribution < 1.29 is 0 Å². The van der Waals surface area contributed by atoms with E-state index in [-0.39, 0.29) is 0 Å². The number of nitrogens with two attached hydrogens (primary N) is 1. The SMILES string of the molecule is C=CCC(CN)N1CCCC1. The van der Waals surface area contributed by atoms with Crippen LogP contribution in [-0.2, 0) is 0 Å². The van der Waals surface area contributed by atoms with Gasteiger partial charge in [0.25, 0.3) is 0 Å². The van der Waals surface area contributed by atoms with Gasteiger partial charge in [-0.15, -0.1) is 6.58 Å². The molecule has 0 saturated carbocycles. The third-order valence-corrected chi connectivity index (χ3v) is 2.37. The van der Waals surface area contributed by atoms with Gasteiger partial charge in [-0.3, -0.25) is 4.90 Å². The van der Waals surface area contributed by atoms with Gasteiger partial charge in [0, 0.05) is 12.6 Å². The second kappa shape index (κ2) is 4.52. The van der Waals surface area contributed by atoms with Gasteiger partial charge in [-0.1, -0.05) is 6.08 Å². The minimum absolute atomic E-state index is 0.551. The molecule has 11 heavy (non-hydrogen) atoms. The zero-order valence-electron chi connectivity index (χ0n) is 7.13. The zero-order valence-corrected chi connectivity index (χ0v) is 7.13. The van der Waals surface area contributed by atoms with Crippen LogP contribution in [0, 0.1) is 0 Å². The molecule has 2 N–H and O–H groups in total. The van der Waals surface area contributed by atoms with Gasteiger partial charge in [0.05, 0.1) is 0 Å². The summed E-state index contributed by atoms with van der Waals surface area (Å²) in [6.07, 6.45) is 5.69. The average molecular weight is 154 g/mol. The van der Waals surface area contributed by atoms with Crippen molar-refractivity contribution in [2.24, 2.45) is 5.73 Å². The van der Waals surface area contributed by atoms with Crippen LogP contribution in [0.3, 0.4) is 0 Å². The maximum absolute atomic E-state index is 5.65. The van der Waals surface area contributed by atoms with Crippen LogP contribution in [0.2, 0.25) is 0 Å². The number of likely N-dealkylation sites (tertiary alicyclic amines) is 1. The first-order chi connectivity index (χ1) is 5.38. The molecule has 0 aromatic rings. The molecule has 0 bridgehead atoms. The Balaban J connectivity index is 2.33. The first-order valence-corrected chi connectivity index (χ1v) is 4.43. The van der Waals surface area contributed by atoms with Gasteiger partial charge in [0.2, 0.25) is 0 Å². The van der Waals surface area contributed by atoms with Crippen LogP contribution >= 0.6 is 0 Å². The highest BCUT2D eigenvalue weighted by molar-refractivity contribution is 4.83. The molecule has 0 radical (unpaired) electrons.